The van der Waals surface area contributed by atoms with Crippen LogP contribution < -0.4 is 0 Å². The Morgan fingerprint density at radius 3 is 2.71 bits per heavy atom. The Labute approximate surface area is 203 Å². The van der Waals surface area contributed by atoms with E-state index in [0.717, 1.165) is 56.5 Å². The van der Waals surface area contributed by atoms with Crippen LogP contribution in [0.1, 0.15) is 84.5 Å². The molecule has 34 heavy (non-hydrogen) atoms. The number of methoxy groups -OCH3 is 1. The summed E-state index contributed by atoms with van der Waals surface area (Å²) in [5.41, 5.74) is -0.0735. The molecule has 0 amide bonds. The first kappa shape index (κ1) is 22.7. The van der Waals surface area contributed by atoms with Gasteiger partial charge in [0.05, 0.1) is 18.3 Å². The van der Waals surface area contributed by atoms with Crippen LogP contribution in [-0.4, -0.2) is 46.8 Å². The Kier molecular flexibility index (Phi) is 5.60. The number of hydrogen-bond donors (Lipinski definition) is 1. The van der Waals surface area contributed by atoms with Crippen LogP contribution in [0.3, 0.4) is 0 Å². The van der Waals surface area contributed by atoms with Crippen molar-refractivity contribution in [2.24, 2.45) is 17.8 Å². The molecular weight excluding hydrogens is 430 g/mol. The molecule has 3 saturated heterocycles. The first-order chi connectivity index (χ1) is 16.4. The van der Waals surface area contributed by atoms with Crippen molar-refractivity contribution in [3.05, 3.63) is 34.7 Å². The smallest absolute Gasteiger partial charge is 0.343 e. The minimum atomic E-state index is -0.567. The predicted octanol–water partition coefficient (Wildman–Crippen LogP) is 4.94. The summed E-state index contributed by atoms with van der Waals surface area (Å²) in [6, 6.07) is 1.06. The molecule has 0 aromatic heterocycles. The van der Waals surface area contributed by atoms with Crippen LogP contribution in [0.15, 0.2) is 34.7 Å². The van der Waals surface area contributed by atoms with Crippen LogP contribution in [-0.2, 0) is 19.0 Å². The van der Waals surface area contributed by atoms with Gasteiger partial charge in [-0.15, -0.1) is 0 Å². The number of cyclic esters (lactones) is 1. The molecule has 6 aliphatic rings. The lowest BCUT2D eigenvalue weighted by atomic mass is 9.69. The van der Waals surface area contributed by atoms with E-state index in [1.165, 1.54) is 25.7 Å². The topological polar surface area (TPSA) is 68.2 Å². The van der Waals surface area contributed by atoms with Crippen LogP contribution in [0, 0.1) is 17.8 Å². The van der Waals surface area contributed by atoms with Crippen molar-refractivity contribution in [3.8, 4) is 0 Å². The van der Waals surface area contributed by atoms with E-state index < -0.39 is 5.60 Å². The summed E-state index contributed by atoms with van der Waals surface area (Å²) in [6.07, 6.45) is 14.8. The molecule has 6 atom stereocenters. The van der Waals surface area contributed by atoms with Gasteiger partial charge in [0.25, 0.3) is 0 Å². The van der Waals surface area contributed by atoms with Gasteiger partial charge in [0.15, 0.2) is 11.5 Å². The Morgan fingerprint density at radius 2 is 1.94 bits per heavy atom. The third kappa shape index (κ3) is 3.39. The van der Waals surface area contributed by atoms with Crippen LogP contribution in [0.25, 0.3) is 0 Å². The predicted molar refractivity (Wildman–Crippen MR) is 127 cm³/mol. The number of carbonyl (C=O) groups is 1. The minimum absolute atomic E-state index is 0.0810. The number of rotatable bonds is 3. The molecule has 0 radical (unpaired) electrons. The highest BCUT2D eigenvalue weighted by Gasteiger charge is 2.56. The summed E-state index contributed by atoms with van der Waals surface area (Å²) in [5.74, 6) is 3.30. The SMILES string of the molecule is COC1=C(C)C(=O)OC1=C1OC2=CC[C@@H]3CC[C@](O)(CC4CCCC4)[C@@H]4CCC[C@@H]([C@H]2[C@@H]1C)N34. The van der Waals surface area contributed by atoms with E-state index in [-0.39, 0.29) is 23.8 Å². The molecule has 1 aliphatic carbocycles. The van der Waals surface area contributed by atoms with Gasteiger partial charge in [-0.2, -0.15) is 0 Å². The van der Waals surface area contributed by atoms with Gasteiger partial charge in [-0.25, -0.2) is 4.79 Å². The molecule has 6 nitrogen and oxygen atoms in total. The molecule has 5 heterocycles. The fourth-order valence-corrected chi connectivity index (χ4v) is 8.20. The number of piperidine rings is 2. The molecule has 186 valence electrons. The molecule has 6 heteroatoms. The van der Waals surface area contributed by atoms with Crippen LogP contribution in [0.5, 0.6) is 0 Å². The summed E-state index contributed by atoms with van der Waals surface area (Å²) in [5, 5.41) is 12.1. The van der Waals surface area contributed by atoms with E-state index in [2.05, 4.69) is 17.9 Å². The number of esters is 1. The van der Waals surface area contributed by atoms with E-state index in [1.807, 2.05) is 0 Å². The Hall–Kier alpha value is -1.79. The highest BCUT2D eigenvalue weighted by molar-refractivity contribution is 5.93. The molecule has 0 unspecified atom stereocenters. The average molecular weight is 470 g/mol. The zero-order chi connectivity index (χ0) is 23.6. The first-order valence-corrected chi connectivity index (χ1v) is 13.5. The fraction of sp³-hybridized carbons (Fsp3) is 0.750. The van der Waals surface area contributed by atoms with Gasteiger partial charge in [0.1, 0.15) is 5.76 Å². The average Bonchev–Trinajstić information content (AvgIpc) is 3.49. The molecule has 0 bridgehead atoms. The van der Waals surface area contributed by atoms with Gasteiger partial charge in [-0.1, -0.05) is 39.0 Å². The quantitative estimate of drug-likeness (QED) is 0.591. The lowest BCUT2D eigenvalue weighted by Crippen LogP contribution is -2.66. The third-order valence-electron chi connectivity index (χ3n) is 9.78. The maximum Gasteiger partial charge on any atom is 0.343 e. The van der Waals surface area contributed by atoms with Crippen molar-refractivity contribution < 1.29 is 24.1 Å². The largest absolute Gasteiger partial charge is 0.492 e. The summed E-state index contributed by atoms with van der Waals surface area (Å²) in [7, 11) is 1.58. The fourth-order valence-electron chi connectivity index (χ4n) is 8.20. The van der Waals surface area contributed by atoms with Crippen molar-refractivity contribution in [1.82, 2.24) is 4.90 Å². The minimum Gasteiger partial charge on any atom is -0.492 e. The summed E-state index contributed by atoms with van der Waals surface area (Å²) in [6.45, 7) is 3.93. The maximum absolute atomic E-state index is 12.3. The normalized spacial score (nSPS) is 42.6. The van der Waals surface area contributed by atoms with Crippen molar-refractivity contribution >= 4 is 5.97 Å². The van der Waals surface area contributed by atoms with Crippen LogP contribution in [0.4, 0.5) is 0 Å². The molecule has 0 aromatic rings. The Bertz CT molecular complexity index is 960. The van der Waals surface area contributed by atoms with E-state index >= 15 is 0 Å². The molecular formula is C28H39NO5. The monoisotopic (exact) mass is 469 g/mol. The van der Waals surface area contributed by atoms with Crippen LogP contribution >= 0.6 is 0 Å². The highest BCUT2D eigenvalue weighted by atomic mass is 16.6. The lowest BCUT2D eigenvalue weighted by Gasteiger charge is -2.57. The first-order valence-electron chi connectivity index (χ1n) is 13.5. The Balaban J connectivity index is 1.33. The molecule has 6 rings (SSSR count). The molecule has 5 aliphatic heterocycles. The van der Waals surface area contributed by atoms with E-state index in [0.29, 0.717) is 35.1 Å². The third-order valence-corrected chi connectivity index (χ3v) is 9.78. The summed E-state index contributed by atoms with van der Waals surface area (Å²) < 4.78 is 17.6. The Morgan fingerprint density at radius 1 is 1.15 bits per heavy atom. The molecule has 1 N–H and O–H groups in total. The van der Waals surface area contributed by atoms with Crippen molar-refractivity contribution in [3.63, 3.8) is 0 Å². The second kappa shape index (κ2) is 8.41. The zero-order valence-corrected chi connectivity index (χ0v) is 20.8. The summed E-state index contributed by atoms with van der Waals surface area (Å²) >= 11 is 0. The van der Waals surface area contributed by atoms with E-state index in [4.69, 9.17) is 14.2 Å². The van der Waals surface area contributed by atoms with Gasteiger partial charge >= 0.3 is 5.97 Å². The van der Waals surface area contributed by atoms with Gasteiger partial charge < -0.3 is 19.3 Å². The van der Waals surface area contributed by atoms with Gasteiger partial charge in [-0.05, 0) is 57.4 Å². The second-order valence-corrected chi connectivity index (χ2v) is 11.6. The number of aliphatic hydroxyl groups is 1. The summed E-state index contributed by atoms with van der Waals surface area (Å²) in [4.78, 5) is 15.0. The highest BCUT2D eigenvalue weighted by Crippen LogP contribution is 2.53. The maximum atomic E-state index is 12.3. The molecule has 1 saturated carbocycles. The molecule has 0 aromatic carbocycles. The molecule has 4 fully saturated rings. The lowest BCUT2D eigenvalue weighted by molar-refractivity contribution is -0.148. The van der Waals surface area contributed by atoms with Gasteiger partial charge in [-0.3, -0.25) is 4.90 Å². The number of hydrogen-bond acceptors (Lipinski definition) is 6. The van der Waals surface area contributed by atoms with Crippen molar-refractivity contribution in [1.29, 1.82) is 0 Å². The van der Waals surface area contributed by atoms with Crippen molar-refractivity contribution in [2.75, 3.05) is 7.11 Å². The number of ether oxygens (including phenoxy) is 3. The van der Waals surface area contributed by atoms with Crippen molar-refractivity contribution in [2.45, 2.75) is 108 Å². The number of nitrogens with zero attached hydrogens (tertiary/aromatic N) is 1. The van der Waals surface area contributed by atoms with E-state index in [9.17, 15) is 9.90 Å². The number of fused-ring (bicyclic) bond motifs is 2. The second-order valence-electron chi connectivity index (χ2n) is 11.6. The number of allylic oxidation sites excluding steroid dienone is 1. The van der Waals surface area contributed by atoms with Gasteiger partial charge in [0.2, 0.25) is 5.76 Å². The van der Waals surface area contributed by atoms with E-state index in [1.54, 1.807) is 14.0 Å². The molecule has 0 spiro atoms. The number of carbonyl (C=O) groups excluding carboxylic acids is 1. The van der Waals surface area contributed by atoms with Gasteiger partial charge in [0, 0.05) is 30.0 Å². The zero-order valence-electron chi connectivity index (χ0n) is 20.8. The van der Waals surface area contributed by atoms with Crippen LogP contribution in [0.2, 0.25) is 0 Å². The standard InChI is InChI=1S/C28H39NO5/c1-16-23-20-9-6-10-22-28(31,15-18-7-4-5-8-18)14-13-19(29(20)22)11-12-21(23)33-25(16)26-24(32-3)17(2)27(30)34-26/h12,16,18-20,22-23,31H,4-11,13-15H2,1-3H3/t16-,19+,20-,22-,23+,28-/m0/s1.